The molecule has 0 saturated carbocycles. The number of nitrogens with zero attached hydrogens (tertiary/aromatic N) is 3. The van der Waals surface area contributed by atoms with Gasteiger partial charge in [-0.15, -0.1) is 0 Å². The number of fused-ring (bicyclic) bond motifs is 1. The number of aliphatic hydroxyl groups is 1. The second-order valence-electron chi connectivity index (χ2n) is 9.21. The van der Waals surface area contributed by atoms with E-state index < -0.39 is 17.6 Å². The number of phenolic OH excluding ortho intramolecular Hbond substituents is 1. The molecule has 3 heterocycles. The Kier molecular flexibility index (Phi) is 5.81. The van der Waals surface area contributed by atoms with Crippen LogP contribution in [0.4, 0.5) is 15.0 Å². The number of ether oxygens (including phenoxy) is 1. The number of carbonyl (C=O) groups excluding carboxylic acids is 1. The Morgan fingerprint density at radius 2 is 1.91 bits per heavy atom. The van der Waals surface area contributed by atoms with Gasteiger partial charge >= 0.3 is 6.09 Å². The number of aliphatic hydroxyl groups excluding tert-OH is 1. The fourth-order valence-electron chi connectivity index (χ4n) is 4.03. The lowest BCUT2D eigenvalue weighted by molar-refractivity contribution is 0.0547. The summed E-state index contributed by atoms with van der Waals surface area (Å²) in [7, 11) is 0. The zero-order chi connectivity index (χ0) is 23.0. The lowest BCUT2D eigenvalue weighted by Gasteiger charge is -2.32. The number of pyridine rings is 1. The van der Waals surface area contributed by atoms with E-state index in [9.17, 15) is 15.0 Å². The molecule has 0 amide bonds. The molecule has 4 rings (SSSR count). The lowest BCUT2D eigenvalue weighted by Crippen LogP contribution is -2.35. The van der Waals surface area contributed by atoms with E-state index in [1.54, 1.807) is 45.0 Å². The highest BCUT2D eigenvalue weighted by molar-refractivity contribution is 5.96. The van der Waals surface area contributed by atoms with Crippen LogP contribution in [0.2, 0.25) is 0 Å². The molecule has 0 unspecified atom stereocenters. The number of rotatable bonds is 3. The number of benzene rings is 1. The smallest absolute Gasteiger partial charge is 0.419 e. The van der Waals surface area contributed by atoms with Gasteiger partial charge in [0, 0.05) is 31.1 Å². The topological polar surface area (TPSA) is 87.8 Å². The van der Waals surface area contributed by atoms with Crippen molar-refractivity contribution in [3.63, 3.8) is 0 Å². The molecule has 0 atom stereocenters. The third-order valence-electron chi connectivity index (χ3n) is 5.67. The van der Waals surface area contributed by atoms with Gasteiger partial charge in [0.2, 0.25) is 5.95 Å². The van der Waals surface area contributed by atoms with Crippen LogP contribution in [0.5, 0.6) is 5.75 Å². The van der Waals surface area contributed by atoms with Gasteiger partial charge in [-0.3, -0.25) is 0 Å². The highest BCUT2D eigenvalue weighted by Crippen LogP contribution is 2.33. The first-order valence-electron chi connectivity index (χ1n) is 10.8. The zero-order valence-corrected chi connectivity index (χ0v) is 18.5. The molecular weight excluding hydrogens is 413 g/mol. The molecule has 0 aliphatic carbocycles. The molecule has 0 spiro atoms. The molecule has 2 N–H and O–H groups in total. The van der Waals surface area contributed by atoms with Gasteiger partial charge in [-0.2, -0.15) is 4.39 Å². The third-order valence-corrected chi connectivity index (χ3v) is 5.67. The van der Waals surface area contributed by atoms with Crippen molar-refractivity contribution in [2.45, 2.75) is 39.2 Å². The summed E-state index contributed by atoms with van der Waals surface area (Å²) in [5.41, 5.74) is 0.142. The second kappa shape index (κ2) is 8.43. The molecule has 2 aromatic heterocycles. The van der Waals surface area contributed by atoms with Crippen LogP contribution in [0.15, 0.2) is 36.4 Å². The van der Waals surface area contributed by atoms with E-state index >= 15 is 4.39 Å². The van der Waals surface area contributed by atoms with Gasteiger partial charge in [0.25, 0.3) is 0 Å². The maximum atomic E-state index is 15.2. The Hall–Kier alpha value is -3.13. The summed E-state index contributed by atoms with van der Waals surface area (Å²) in [5, 5.41) is 19.9. The van der Waals surface area contributed by atoms with Crippen molar-refractivity contribution in [3.8, 4) is 17.0 Å². The molecule has 1 saturated heterocycles. The van der Waals surface area contributed by atoms with Gasteiger partial charge in [0.05, 0.1) is 16.8 Å². The first-order chi connectivity index (χ1) is 15.2. The Morgan fingerprint density at radius 1 is 1.19 bits per heavy atom. The summed E-state index contributed by atoms with van der Waals surface area (Å²) < 4.78 is 22.0. The lowest BCUT2D eigenvalue weighted by atomic mass is 9.98. The quantitative estimate of drug-likeness (QED) is 0.580. The number of aromatic hydroxyl groups is 1. The number of piperidine rings is 1. The normalized spacial score (nSPS) is 15.3. The first kappa shape index (κ1) is 22.1. The molecule has 0 radical (unpaired) electrons. The summed E-state index contributed by atoms with van der Waals surface area (Å²) in [4.78, 5) is 19.2. The molecule has 3 aromatic rings. The molecule has 32 heavy (non-hydrogen) atoms. The van der Waals surface area contributed by atoms with Gasteiger partial charge < -0.3 is 19.8 Å². The molecule has 1 aromatic carbocycles. The number of hydrogen-bond donors (Lipinski definition) is 2. The van der Waals surface area contributed by atoms with Gasteiger partial charge in [-0.25, -0.2) is 14.3 Å². The minimum absolute atomic E-state index is 0.00724. The van der Waals surface area contributed by atoms with Crippen LogP contribution in [0.25, 0.3) is 22.2 Å². The Labute approximate surface area is 186 Å². The number of carbonyl (C=O) groups is 1. The third kappa shape index (κ3) is 4.41. The predicted octanol–water partition coefficient (Wildman–Crippen LogP) is 4.54. The highest BCUT2D eigenvalue weighted by Gasteiger charge is 2.26. The first-order valence-corrected chi connectivity index (χ1v) is 10.8. The van der Waals surface area contributed by atoms with Crippen molar-refractivity contribution in [3.05, 3.63) is 42.3 Å². The predicted molar refractivity (Wildman–Crippen MR) is 120 cm³/mol. The highest BCUT2D eigenvalue weighted by atomic mass is 19.1. The summed E-state index contributed by atoms with van der Waals surface area (Å²) in [6.45, 7) is 6.84. The van der Waals surface area contributed by atoms with Crippen LogP contribution in [-0.4, -0.2) is 51.2 Å². The molecule has 1 fully saturated rings. The maximum absolute atomic E-state index is 15.2. The SMILES string of the molecule is CC(C)(C)OC(=O)n1c(-c2ccc(N3CCC(CO)CC3)nc2F)cc2ccc(O)cc21. The average Bonchev–Trinajstić information content (AvgIpc) is 3.11. The number of anilines is 1. The van der Waals surface area contributed by atoms with Crippen molar-refractivity contribution < 1.29 is 24.1 Å². The number of hydrogen-bond acceptors (Lipinski definition) is 6. The van der Waals surface area contributed by atoms with Gasteiger partial charge in [0.15, 0.2) is 0 Å². The summed E-state index contributed by atoms with van der Waals surface area (Å²) >= 11 is 0. The molecule has 7 nitrogen and oxygen atoms in total. The minimum atomic E-state index is -0.747. The van der Waals surface area contributed by atoms with Gasteiger partial charge in [-0.05, 0) is 69.9 Å². The largest absolute Gasteiger partial charge is 0.508 e. The number of halogens is 1. The number of phenols is 1. The van der Waals surface area contributed by atoms with Gasteiger partial charge in [-0.1, -0.05) is 0 Å². The standard InChI is InChI=1S/C24H28FN3O4/c1-24(2,3)32-23(31)28-19-13-17(30)5-4-16(19)12-20(28)18-6-7-21(26-22(18)25)27-10-8-15(14-29)9-11-27/h4-7,12-13,15,29-30H,8-11,14H2,1-3H3. The minimum Gasteiger partial charge on any atom is -0.508 e. The summed E-state index contributed by atoms with van der Waals surface area (Å²) in [6.07, 6.45) is 0.998. The van der Waals surface area contributed by atoms with Crippen molar-refractivity contribution in [2.75, 3.05) is 24.6 Å². The molecule has 1 aliphatic heterocycles. The number of aromatic nitrogens is 2. The summed E-state index contributed by atoms with van der Waals surface area (Å²) in [6, 6.07) is 9.68. The van der Waals surface area contributed by atoms with Crippen molar-refractivity contribution in [2.24, 2.45) is 5.92 Å². The van der Waals surface area contributed by atoms with Crippen LogP contribution >= 0.6 is 0 Å². The van der Waals surface area contributed by atoms with E-state index in [0.29, 0.717) is 35.5 Å². The molecule has 8 heteroatoms. The van der Waals surface area contributed by atoms with Crippen LogP contribution in [0.1, 0.15) is 33.6 Å². The monoisotopic (exact) mass is 441 g/mol. The van der Waals surface area contributed by atoms with E-state index in [0.717, 1.165) is 12.8 Å². The molecule has 0 bridgehead atoms. The van der Waals surface area contributed by atoms with Crippen LogP contribution < -0.4 is 4.90 Å². The van der Waals surface area contributed by atoms with Crippen molar-refractivity contribution in [1.82, 2.24) is 9.55 Å². The fourth-order valence-corrected chi connectivity index (χ4v) is 4.03. The maximum Gasteiger partial charge on any atom is 0.419 e. The van der Waals surface area contributed by atoms with Crippen LogP contribution in [0, 0.1) is 11.9 Å². The van der Waals surface area contributed by atoms with Crippen LogP contribution in [0.3, 0.4) is 0 Å². The fraction of sp³-hybridized carbons (Fsp3) is 0.417. The Morgan fingerprint density at radius 3 is 2.53 bits per heavy atom. The second-order valence-corrected chi connectivity index (χ2v) is 9.21. The molecule has 1 aliphatic rings. The van der Waals surface area contributed by atoms with E-state index in [1.165, 1.54) is 16.7 Å². The zero-order valence-electron chi connectivity index (χ0n) is 18.5. The summed E-state index contributed by atoms with van der Waals surface area (Å²) in [5.74, 6) is 0.104. The molecular formula is C24H28FN3O4. The van der Waals surface area contributed by atoms with Crippen LogP contribution in [-0.2, 0) is 4.74 Å². The van der Waals surface area contributed by atoms with Crippen molar-refractivity contribution >= 4 is 22.8 Å². The van der Waals surface area contributed by atoms with E-state index in [4.69, 9.17) is 4.74 Å². The van der Waals surface area contributed by atoms with Crippen molar-refractivity contribution in [1.29, 1.82) is 0 Å². The molecule has 170 valence electrons. The Bertz CT molecular complexity index is 1140. The van der Waals surface area contributed by atoms with E-state index in [1.807, 2.05) is 4.90 Å². The van der Waals surface area contributed by atoms with E-state index in [-0.39, 0.29) is 23.8 Å². The van der Waals surface area contributed by atoms with Gasteiger partial charge in [0.1, 0.15) is 17.2 Å². The van der Waals surface area contributed by atoms with E-state index in [2.05, 4.69) is 4.98 Å². The Balaban J connectivity index is 1.74. The average molecular weight is 442 g/mol.